The van der Waals surface area contributed by atoms with Crippen molar-refractivity contribution in [2.24, 2.45) is 0 Å². The maximum atomic E-state index is 5.89. The molecule has 0 unspecified atom stereocenters. The quantitative estimate of drug-likeness (QED) is 0.869. The van der Waals surface area contributed by atoms with Gasteiger partial charge in [-0.15, -0.1) is 0 Å². The van der Waals surface area contributed by atoms with Crippen LogP contribution in [0, 0.1) is 0 Å². The van der Waals surface area contributed by atoms with E-state index >= 15 is 0 Å². The Hall–Kier alpha value is -1.55. The molecule has 4 rings (SSSR count). The van der Waals surface area contributed by atoms with Crippen molar-refractivity contribution in [1.29, 1.82) is 0 Å². The van der Waals surface area contributed by atoms with Crippen molar-refractivity contribution in [3.8, 4) is 0 Å². The summed E-state index contributed by atoms with van der Waals surface area (Å²) in [6.45, 7) is 0.926. The molecule has 4 heteroatoms. The Kier molecular flexibility index (Phi) is 2.58. The summed E-state index contributed by atoms with van der Waals surface area (Å²) >= 11 is 0. The summed E-state index contributed by atoms with van der Waals surface area (Å²) in [6.07, 6.45) is 6.11. The number of fused-ring (bicyclic) bond motifs is 1. The Morgan fingerprint density at radius 2 is 2.20 bits per heavy atom. The highest BCUT2D eigenvalue weighted by Crippen LogP contribution is 2.43. The SMILES string of the molecule is COC1(Cn2c(C3CC3)nc3cc(N)ccc32)CCC1. The Balaban J connectivity index is 1.81. The van der Waals surface area contributed by atoms with Crippen molar-refractivity contribution in [2.75, 3.05) is 12.8 Å². The maximum absolute atomic E-state index is 5.89. The van der Waals surface area contributed by atoms with Crippen LogP contribution in [0.15, 0.2) is 18.2 Å². The molecule has 0 amide bonds. The van der Waals surface area contributed by atoms with E-state index in [-0.39, 0.29) is 5.60 Å². The molecule has 2 fully saturated rings. The van der Waals surface area contributed by atoms with E-state index in [0.29, 0.717) is 5.92 Å². The van der Waals surface area contributed by atoms with Crippen LogP contribution in [0.2, 0.25) is 0 Å². The number of anilines is 1. The molecule has 0 spiro atoms. The topological polar surface area (TPSA) is 53.1 Å². The van der Waals surface area contributed by atoms with Gasteiger partial charge < -0.3 is 15.0 Å². The number of methoxy groups -OCH3 is 1. The number of ether oxygens (including phenoxy) is 1. The van der Waals surface area contributed by atoms with Crippen LogP contribution in [0.1, 0.15) is 43.8 Å². The highest BCUT2D eigenvalue weighted by Gasteiger charge is 2.39. The molecule has 2 saturated carbocycles. The molecule has 2 aliphatic carbocycles. The minimum atomic E-state index is 0.0264. The van der Waals surface area contributed by atoms with Gasteiger partial charge in [0.25, 0.3) is 0 Å². The number of nitrogens with zero attached hydrogens (tertiary/aromatic N) is 2. The Labute approximate surface area is 118 Å². The molecule has 2 N–H and O–H groups in total. The third-order valence-corrected chi connectivity index (χ3v) is 4.89. The molecule has 0 atom stereocenters. The number of nitrogens with two attached hydrogens (primary N) is 1. The fourth-order valence-corrected chi connectivity index (χ4v) is 3.27. The van der Waals surface area contributed by atoms with E-state index in [9.17, 15) is 0 Å². The van der Waals surface area contributed by atoms with Crippen molar-refractivity contribution in [2.45, 2.75) is 50.2 Å². The third kappa shape index (κ3) is 1.82. The van der Waals surface area contributed by atoms with Crippen molar-refractivity contribution < 1.29 is 4.74 Å². The molecule has 0 saturated heterocycles. The standard InChI is InChI=1S/C16H21N3O/c1-20-16(7-2-8-16)10-19-14-6-5-12(17)9-13(14)18-15(19)11-3-4-11/h5-6,9,11H,2-4,7-8,10,17H2,1H3. The molecule has 4 nitrogen and oxygen atoms in total. The zero-order valence-corrected chi connectivity index (χ0v) is 11.9. The van der Waals surface area contributed by atoms with Crippen LogP contribution in [-0.2, 0) is 11.3 Å². The van der Waals surface area contributed by atoms with E-state index in [4.69, 9.17) is 15.5 Å². The van der Waals surface area contributed by atoms with Gasteiger partial charge in [-0.25, -0.2) is 4.98 Å². The second-order valence-electron chi connectivity index (χ2n) is 6.32. The number of hydrogen-bond acceptors (Lipinski definition) is 3. The number of imidazole rings is 1. The molecule has 0 aliphatic heterocycles. The molecular formula is C16H21N3O. The first kappa shape index (κ1) is 12.2. The predicted molar refractivity (Wildman–Crippen MR) is 79.7 cm³/mol. The summed E-state index contributed by atoms with van der Waals surface area (Å²) < 4.78 is 8.19. The van der Waals surface area contributed by atoms with Gasteiger partial charge in [0, 0.05) is 18.7 Å². The molecule has 1 aromatic heterocycles. The van der Waals surface area contributed by atoms with Gasteiger partial charge in [-0.2, -0.15) is 0 Å². The van der Waals surface area contributed by atoms with Crippen molar-refractivity contribution in [3.63, 3.8) is 0 Å². The van der Waals surface area contributed by atoms with E-state index in [1.165, 1.54) is 30.6 Å². The zero-order valence-electron chi connectivity index (χ0n) is 11.9. The van der Waals surface area contributed by atoms with Crippen LogP contribution in [0.25, 0.3) is 11.0 Å². The second-order valence-corrected chi connectivity index (χ2v) is 6.32. The lowest BCUT2D eigenvalue weighted by atomic mass is 9.80. The lowest BCUT2D eigenvalue weighted by Gasteiger charge is -2.41. The summed E-state index contributed by atoms with van der Waals surface area (Å²) in [5, 5.41) is 0. The lowest BCUT2D eigenvalue weighted by Crippen LogP contribution is -2.43. The van der Waals surface area contributed by atoms with E-state index in [1.54, 1.807) is 0 Å². The summed E-state index contributed by atoms with van der Waals surface area (Å²) in [5.41, 5.74) is 8.93. The van der Waals surface area contributed by atoms with E-state index in [0.717, 1.165) is 30.6 Å². The maximum Gasteiger partial charge on any atom is 0.113 e. The van der Waals surface area contributed by atoms with E-state index < -0.39 is 0 Å². The number of hydrogen-bond donors (Lipinski definition) is 1. The third-order valence-electron chi connectivity index (χ3n) is 4.89. The number of aromatic nitrogens is 2. The van der Waals surface area contributed by atoms with Crippen LogP contribution >= 0.6 is 0 Å². The normalized spacial score (nSPS) is 21.1. The van der Waals surface area contributed by atoms with E-state index in [2.05, 4.69) is 10.6 Å². The van der Waals surface area contributed by atoms with Gasteiger partial charge in [0.15, 0.2) is 0 Å². The van der Waals surface area contributed by atoms with Crippen molar-refractivity contribution >= 4 is 16.7 Å². The molecule has 106 valence electrons. The molecule has 0 bridgehead atoms. The predicted octanol–water partition coefficient (Wildman–Crippen LogP) is 3.07. The van der Waals surface area contributed by atoms with Crippen LogP contribution < -0.4 is 5.73 Å². The van der Waals surface area contributed by atoms with Gasteiger partial charge in [-0.05, 0) is 50.3 Å². The first-order valence-electron chi connectivity index (χ1n) is 7.52. The van der Waals surface area contributed by atoms with Gasteiger partial charge in [-0.3, -0.25) is 0 Å². The molecule has 2 aromatic rings. The van der Waals surface area contributed by atoms with Gasteiger partial charge >= 0.3 is 0 Å². The Bertz CT molecular complexity index is 648. The van der Waals surface area contributed by atoms with Crippen molar-refractivity contribution in [1.82, 2.24) is 9.55 Å². The fraction of sp³-hybridized carbons (Fsp3) is 0.562. The highest BCUT2D eigenvalue weighted by atomic mass is 16.5. The van der Waals surface area contributed by atoms with Gasteiger partial charge in [0.2, 0.25) is 0 Å². The zero-order chi connectivity index (χ0) is 13.7. The fourth-order valence-electron chi connectivity index (χ4n) is 3.27. The summed E-state index contributed by atoms with van der Waals surface area (Å²) in [7, 11) is 1.84. The first-order chi connectivity index (χ1) is 9.71. The van der Waals surface area contributed by atoms with Crippen LogP contribution in [-0.4, -0.2) is 22.3 Å². The number of benzene rings is 1. The molecule has 20 heavy (non-hydrogen) atoms. The van der Waals surface area contributed by atoms with Gasteiger partial charge in [0.1, 0.15) is 5.82 Å². The molecule has 0 radical (unpaired) electrons. The van der Waals surface area contributed by atoms with E-state index in [1.807, 2.05) is 19.2 Å². The summed E-state index contributed by atoms with van der Waals surface area (Å²) in [5.74, 6) is 1.87. The minimum absolute atomic E-state index is 0.0264. The van der Waals surface area contributed by atoms with Crippen molar-refractivity contribution in [3.05, 3.63) is 24.0 Å². The highest BCUT2D eigenvalue weighted by molar-refractivity contribution is 5.80. The molecule has 1 heterocycles. The first-order valence-corrected chi connectivity index (χ1v) is 7.52. The average Bonchev–Trinajstić information content (AvgIpc) is 3.17. The van der Waals surface area contributed by atoms with Crippen LogP contribution in [0.3, 0.4) is 0 Å². The Morgan fingerprint density at radius 3 is 2.80 bits per heavy atom. The average molecular weight is 271 g/mol. The monoisotopic (exact) mass is 271 g/mol. The molecule has 2 aliphatic rings. The molecular weight excluding hydrogens is 250 g/mol. The van der Waals surface area contributed by atoms with Crippen LogP contribution in [0.5, 0.6) is 0 Å². The van der Waals surface area contributed by atoms with Gasteiger partial charge in [0.05, 0.1) is 23.2 Å². The smallest absolute Gasteiger partial charge is 0.113 e. The van der Waals surface area contributed by atoms with Gasteiger partial charge in [-0.1, -0.05) is 0 Å². The lowest BCUT2D eigenvalue weighted by molar-refractivity contribution is -0.0832. The Morgan fingerprint density at radius 1 is 1.40 bits per heavy atom. The number of rotatable bonds is 4. The largest absolute Gasteiger partial charge is 0.399 e. The minimum Gasteiger partial charge on any atom is -0.399 e. The second kappa shape index (κ2) is 4.22. The van der Waals surface area contributed by atoms with Crippen LogP contribution in [0.4, 0.5) is 5.69 Å². The summed E-state index contributed by atoms with van der Waals surface area (Å²) in [4.78, 5) is 4.84. The summed E-state index contributed by atoms with van der Waals surface area (Å²) in [6, 6.07) is 6.06. The molecule has 1 aromatic carbocycles. The number of nitrogen functional groups attached to an aromatic ring is 1.